The van der Waals surface area contributed by atoms with Crippen LogP contribution >= 0.6 is 0 Å². The third-order valence-corrected chi connectivity index (χ3v) is 3.82. The molecule has 113 valence electrons. The van der Waals surface area contributed by atoms with Gasteiger partial charge in [-0.25, -0.2) is 0 Å². The van der Waals surface area contributed by atoms with Crippen LogP contribution in [0.1, 0.15) is 33.1 Å². The molecule has 0 heterocycles. The Bertz CT molecular complexity index is 401. The van der Waals surface area contributed by atoms with Gasteiger partial charge in [0.05, 0.1) is 13.2 Å². The zero-order chi connectivity index (χ0) is 15.3. The predicted octanol–water partition coefficient (Wildman–Crippen LogP) is 2.61. The van der Waals surface area contributed by atoms with E-state index in [2.05, 4.69) is 0 Å². The van der Waals surface area contributed by atoms with Crippen molar-refractivity contribution in [1.29, 1.82) is 0 Å². The monoisotopic (exact) mass is 289 g/mol. The summed E-state index contributed by atoms with van der Waals surface area (Å²) in [5.41, 5.74) is -0.464. The van der Waals surface area contributed by atoms with Crippen LogP contribution < -0.4 is 0 Å². The van der Waals surface area contributed by atoms with Gasteiger partial charge < -0.3 is 9.47 Å². The average Bonchev–Trinajstić information content (AvgIpc) is 3.10. The number of hydrogen-bond acceptors (Lipinski definition) is 4. The van der Waals surface area contributed by atoms with Crippen molar-refractivity contribution in [2.75, 3.05) is 13.2 Å². The minimum absolute atomic E-state index is 0.254. The number of rotatable bonds is 5. The summed E-state index contributed by atoms with van der Waals surface area (Å²) in [5.74, 6) is 0.0161. The summed E-state index contributed by atoms with van der Waals surface area (Å²) >= 11 is 0. The molecule has 0 bridgehead atoms. The number of carbonyl (C=O) groups excluding carboxylic acids is 2. The van der Waals surface area contributed by atoms with Crippen molar-refractivity contribution < 1.29 is 19.1 Å². The number of esters is 2. The van der Waals surface area contributed by atoms with Gasteiger partial charge >= 0.3 is 11.9 Å². The van der Waals surface area contributed by atoms with E-state index in [1.54, 1.807) is 13.8 Å². The van der Waals surface area contributed by atoms with Gasteiger partial charge in [0.15, 0.2) is 5.41 Å². The molecule has 4 heteroatoms. The molecular weight excluding hydrogens is 268 g/mol. The van der Waals surface area contributed by atoms with Gasteiger partial charge in [0.1, 0.15) is 0 Å². The first-order valence-corrected chi connectivity index (χ1v) is 7.42. The molecule has 0 amide bonds. The summed E-state index contributed by atoms with van der Waals surface area (Å²) in [4.78, 5) is 24.9. The molecule has 2 rings (SSSR count). The molecule has 0 N–H and O–H groups in total. The Morgan fingerprint density at radius 3 is 2.24 bits per heavy atom. The Morgan fingerprint density at radius 2 is 1.71 bits per heavy atom. The molecule has 0 aromatic carbocycles. The zero-order valence-corrected chi connectivity index (χ0v) is 12.6. The van der Waals surface area contributed by atoms with Crippen molar-refractivity contribution >= 4 is 11.9 Å². The molecule has 21 heavy (non-hydrogen) atoms. The Kier molecular flexibility index (Phi) is 5.43. The summed E-state index contributed by atoms with van der Waals surface area (Å²) in [7, 11) is 0. The molecular formula is C17H21O4. The van der Waals surface area contributed by atoms with Crippen LogP contribution in [0.3, 0.4) is 0 Å². The second-order valence-electron chi connectivity index (χ2n) is 5.09. The fourth-order valence-corrected chi connectivity index (χ4v) is 2.86. The predicted molar refractivity (Wildman–Crippen MR) is 78.1 cm³/mol. The molecule has 2 fully saturated rings. The van der Waals surface area contributed by atoms with E-state index in [9.17, 15) is 9.59 Å². The van der Waals surface area contributed by atoms with Crippen molar-refractivity contribution in [3.05, 3.63) is 43.3 Å². The number of ether oxygens (including phenoxy) is 2. The first kappa shape index (κ1) is 16.1. The van der Waals surface area contributed by atoms with Gasteiger partial charge in [-0.3, -0.25) is 9.59 Å². The van der Waals surface area contributed by atoms with Gasteiger partial charge in [0.25, 0.3) is 0 Å². The third kappa shape index (κ3) is 3.14. The first-order chi connectivity index (χ1) is 10.1. The van der Waals surface area contributed by atoms with Crippen LogP contribution in [0.2, 0.25) is 0 Å². The fraction of sp³-hybridized carbons (Fsp3) is 0.471. The molecule has 4 nitrogen and oxygen atoms in total. The Balaban J connectivity index is 2.31. The van der Waals surface area contributed by atoms with Crippen LogP contribution in [0, 0.1) is 37.0 Å². The van der Waals surface area contributed by atoms with E-state index in [0.29, 0.717) is 12.8 Å². The van der Waals surface area contributed by atoms with Crippen LogP contribution in [0.4, 0.5) is 0 Å². The third-order valence-electron chi connectivity index (χ3n) is 3.82. The molecule has 0 saturated heterocycles. The lowest BCUT2D eigenvalue weighted by atomic mass is 9.80. The maximum absolute atomic E-state index is 12.5. The van der Waals surface area contributed by atoms with Crippen molar-refractivity contribution in [2.24, 2.45) is 5.41 Å². The highest BCUT2D eigenvalue weighted by molar-refractivity contribution is 6.04. The quantitative estimate of drug-likeness (QED) is 0.576. The Labute approximate surface area is 126 Å². The van der Waals surface area contributed by atoms with E-state index >= 15 is 0 Å². The molecule has 0 aromatic rings. The van der Waals surface area contributed by atoms with Crippen LogP contribution in [0.25, 0.3) is 0 Å². The van der Waals surface area contributed by atoms with Crippen LogP contribution in [-0.4, -0.2) is 25.2 Å². The van der Waals surface area contributed by atoms with Gasteiger partial charge in [-0.1, -0.05) is 6.08 Å². The highest BCUT2D eigenvalue weighted by Crippen LogP contribution is 2.46. The largest absolute Gasteiger partial charge is 0.465 e. The topological polar surface area (TPSA) is 52.6 Å². The minimum Gasteiger partial charge on any atom is -0.465 e. The summed E-state index contributed by atoms with van der Waals surface area (Å²) < 4.78 is 10.3. The maximum Gasteiger partial charge on any atom is 0.327 e. The highest BCUT2D eigenvalue weighted by atomic mass is 16.6. The summed E-state index contributed by atoms with van der Waals surface area (Å²) in [5, 5.41) is 0. The Hall–Kier alpha value is -1.32. The van der Waals surface area contributed by atoms with Crippen molar-refractivity contribution in [2.45, 2.75) is 33.1 Å². The number of carbonyl (C=O) groups is 2. The van der Waals surface area contributed by atoms with Gasteiger partial charge in [-0.05, 0) is 64.4 Å². The SMILES string of the molecule is CCOC(=O)C1(C(=O)OCC)CCC/C1=C\[C]1[CH][CH][CH][CH]1. The number of allylic oxidation sites excluding steroid dienone is 1. The van der Waals surface area contributed by atoms with Crippen LogP contribution in [0.15, 0.2) is 11.6 Å². The van der Waals surface area contributed by atoms with Crippen molar-refractivity contribution in [3.63, 3.8) is 0 Å². The van der Waals surface area contributed by atoms with Crippen LogP contribution in [-0.2, 0) is 19.1 Å². The van der Waals surface area contributed by atoms with E-state index < -0.39 is 17.4 Å². The molecule has 5 radical (unpaired) electrons. The van der Waals surface area contributed by atoms with Gasteiger partial charge in [-0.2, -0.15) is 0 Å². The Morgan fingerprint density at radius 1 is 1.14 bits per heavy atom. The van der Waals surface area contributed by atoms with Crippen LogP contribution in [0.5, 0.6) is 0 Å². The highest BCUT2D eigenvalue weighted by Gasteiger charge is 2.54. The first-order valence-electron chi connectivity index (χ1n) is 7.42. The normalized spacial score (nSPS) is 23.4. The fourth-order valence-electron chi connectivity index (χ4n) is 2.86. The minimum atomic E-state index is -1.26. The van der Waals surface area contributed by atoms with Gasteiger partial charge in [-0.15, -0.1) is 0 Å². The van der Waals surface area contributed by atoms with E-state index in [1.807, 2.05) is 31.8 Å². The molecule has 0 atom stereocenters. The molecule has 0 aliphatic heterocycles. The molecule has 0 aromatic heterocycles. The standard InChI is InChI=1S/C17H21O4/c1-3-20-15(18)17(16(19)21-4-2)11-7-10-14(17)12-13-8-5-6-9-13/h5-6,8-9,12H,3-4,7,10-11H2,1-2H3/b14-12+. The summed E-state index contributed by atoms with van der Waals surface area (Å²) in [6, 6.07) is 0. The second-order valence-corrected chi connectivity index (χ2v) is 5.09. The van der Waals surface area contributed by atoms with Crippen molar-refractivity contribution in [3.8, 4) is 0 Å². The molecule has 2 saturated carbocycles. The molecule has 2 aliphatic rings. The van der Waals surface area contributed by atoms with E-state index in [0.717, 1.165) is 17.9 Å². The smallest absolute Gasteiger partial charge is 0.327 e. The molecule has 2 aliphatic carbocycles. The van der Waals surface area contributed by atoms with Gasteiger partial charge in [0, 0.05) is 5.92 Å². The van der Waals surface area contributed by atoms with Gasteiger partial charge in [0.2, 0.25) is 0 Å². The number of hydrogen-bond donors (Lipinski definition) is 0. The van der Waals surface area contributed by atoms with E-state index in [-0.39, 0.29) is 13.2 Å². The zero-order valence-electron chi connectivity index (χ0n) is 12.6. The van der Waals surface area contributed by atoms with E-state index in [1.165, 1.54) is 0 Å². The lowest BCUT2D eigenvalue weighted by Crippen LogP contribution is -2.41. The summed E-state index contributed by atoms with van der Waals surface area (Å²) in [6.07, 6.45) is 11.6. The van der Waals surface area contributed by atoms with Crippen molar-refractivity contribution in [1.82, 2.24) is 0 Å². The lowest BCUT2D eigenvalue weighted by Gasteiger charge is -2.26. The lowest BCUT2D eigenvalue weighted by molar-refractivity contribution is -0.168. The molecule has 0 spiro atoms. The second kappa shape index (κ2) is 7.10. The maximum atomic E-state index is 12.5. The molecule has 0 unspecified atom stereocenters. The summed E-state index contributed by atoms with van der Waals surface area (Å²) in [6.45, 7) is 3.99. The average molecular weight is 289 g/mol. The van der Waals surface area contributed by atoms with E-state index in [4.69, 9.17) is 9.47 Å².